The summed E-state index contributed by atoms with van der Waals surface area (Å²) in [7, 11) is -3.55. The first-order valence-corrected chi connectivity index (χ1v) is 13.0. The minimum Gasteiger partial charge on any atom is -0.365 e. The molecule has 3 aromatic rings. The van der Waals surface area contributed by atoms with E-state index in [0.717, 1.165) is 49.3 Å². The summed E-state index contributed by atoms with van der Waals surface area (Å²) in [5, 5.41) is 7.63. The van der Waals surface area contributed by atoms with Gasteiger partial charge in [0.25, 0.3) is 0 Å². The molecule has 5 rings (SSSR count). The standard InChI is InChI=1S/C21H23N3O2S3/c25-29(26)20-15-16(19-4-2-14-28-19)5-6-18(20)22-21(23-29)8-11-24(12-9-21)10-7-17-3-1-13-27-17/h1-6,13-15,22-23H,7-12H2. The highest BCUT2D eigenvalue weighted by atomic mass is 32.2. The SMILES string of the molecule is O=S1(=O)NC2(CCN(CCc3cccs3)CC2)Nc2ccc(-c3cccs3)cc21. The number of rotatable bonds is 4. The Balaban J connectivity index is 1.31. The van der Waals surface area contributed by atoms with Crippen LogP contribution in [0.25, 0.3) is 10.4 Å². The molecule has 29 heavy (non-hydrogen) atoms. The van der Waals surface area contributed by atoms with Crippen LogP contribution in [0.1, 0.15) is 17.7 Å². The largest absolute Gasteiger partial charge is 0.365 e. The van der Waals surface area contributed by atoms with Gasteiger partial charge < -0.3 is 10.2 Å². The van der Waals surface area contributed by atoms with E-state index in [-0.39, 0.29) is 0 Å². The number of likely N-dealkylation sites (tertiary alicyclic amines) is 1. The predicted molar refractivity (Wildman–Crippen MR) is 120 cm³/mol. The third kappa shape index (κ3) is 3.87. The van der Waals surface area contributed by atoms with Crippen LogP contribution in [0.3, 0.4) is 0 Å². The maximum Gasteiger partial charge on any atom is 0.244 e. The summed E-state index contributed by atoms with van der Waals surface area (Å²) in [6.45, 7) is 2.77. The Bertz CT molecular complexity index is 1080. The quantitative estimate of drug-likeness (QED) is 0.631. The van der Waals surface area contributed by atoms with E-state index < -0.39 is 15.7 Å². The van der Waals surface area contributed by atoms with Gasteiger partial charge in [0, 0.05) is 29.4 Å². The second-order valence-corrected chi connectivity index (χ2v) is 11.3. The Morgan fingerprint density at radius 1 is 1.03 bits per heavy atom. The smallest absolute Gasteiger partial charge is 0.244 e. The normalized spacial score (nSPS) is 20.3. The molecule has 5 nitrogen and oxygen atoms in total. The second-order valence-electron chi connectivity index (χ2n) is 7.67. The van der Waals surface area contributed by atoms with Crippen LogP contribution in [-0.4, -0.2) is 38.6 Å². The van der Waals surface area contributed by atoms with Crippen molar-refractivity contribution in [2.45, 2.75) is 29.8 Å². The molecular formula is C21H23N3O2S3. The van der Waals surface area contributed by atoms with Gasteiger partial charge in [-0.25, -0.2) is 8.42 Å². The zero-order valence-electron chi connectivity index (χ0n) is 15.9. The van der Waals surface area contributed by atoms with Crippen LogP contribution in [0.15, 0.2) is 58.1 Å². The highest BCUT2D eigenvalue weighted by Gasteiger charge is 2.43. The van der Waals surface area contributed by atoms with Crippen molar-refractivity contribution < 1.29 is 8.42 Å². The lowest BCUT2D eigenvalue weighted by Gasteiger charge is -2.45. The molecule has 2 aromatic heterocycles. The van der Waals surface area contributed by atoms with E-state index in [1.165, 1.54) is 4.88 Å². The van der Waals surface area contributed by atoms with E-state index in [9.17, 15) is 8.42 Å². The lowest BCUT2D eigenvalue weighted by molar-refractivity contribution is 0.167. The van der Waals surface area contributed by atoms with Gasteiger partial charge >= 0.3 is 0 Å². The molecule has 4 heterocycles. The third-order valence-corrected chi connectivity index (χ3v) is 9.18. The fraction of sp³-hybridized carbons (Fsp3) is 0.333. The fourth-order valence-electron chi connectivity index (χ4n) is 4.15. The Hall–Kier alpha value is -1.71. The minimum atomic E-state index is -3.55. The molecule has 8 heteroatoms. The number of nitrogens with one attached hydrogen (secondary N) is 2. The lowest BCUT2D eigenvalue weighted by Crippen LogP contribution is -2.62. The number of sulfonamides is 1. The molecule has 0 bridgehead atoms. The number of piperidine rings is 1. The molecule has 1 saturated heterocycles. The predicted octanol–water partition coefficient (Wildman–Crippen LogP) is 4.22. The van der Waals surface area contributed by atoms with Crippen LogP contribution < -0.4 is 10.0 Å². The van der Waals surface area contributed by atoms with E-state index >= 15 is 0 Å². The van der Waals surface area contributed by atoms with Gasteiger partial charge in [-0.3, -0.25) is 0 Å². The van der Waals surface area contributed by atoms with Gasteiger partial charge in [-0.2, -0.15) is 4.72 Å². The van der Waals surface area contributed by atoms with E-state index in [4.69, 9.17) is 0 Å². The average molecular weight is 446 g/mol. The Morgan fingerprint density at radius 2 is 1.83 bits per heavy atom. The summed E-state index contributed by atoms with van der Waals surface area (Å²) in [4.78, 5) is 5.24. The first-order valence-electron chi connectivity index (χ1n) is 9.78. The zero-order valence-corrected chi connectivity index (χ0v) is 18.4. The monoisotopic (exact) mass is 445 g/mol. The molecular weight excluding hydrogens is 422 g/mol. The van der Waals surface area contributed by atoms with Crippen LogP contribution in [0.4, 0.5) is 5.69 Å². The van der Waals surface area contributed by atoms with E-state index in [1.807, 2.05) is 29.6 Å². The highest BCUT2D eigenvalue weighted by Crippen LogP contribution is 2.38. The second kappa shape index (κ2) is 7.52. The van der Waals surface area contributed by atoms with Crippen molar-refractivity contribution in [3.63, 3.8) is 0 Å². The van der Waals surface area contributed by atoms with Gasteiger partial charge in [0.05, 0.1) is 5.69 Å². The van der Waals surface area contributed by atoms with Crippen molar-refractivity contribution in [1.82, 2.24) is 9.62 Å². The summed E-state index contributed by atoms with van der Waals surface area (Å²) in [5.41, 5.74) is 1.05. The molecule has 0 amide bonds. The molecule has 0 aliphatic carbocycles. The van der Waals surface area contributed by atoms with Gasteiger partial charge in [-0.05, 0) is 59.9 Å². The number of anilines is 1. The van der Waals surface area contributed by atoms with Gasteiger partial charge in [-0.1, -0.05) is 18.2 Å². The molecule has 2 aliphatic rings. The summed E-state index contributed by atoms with van der Waals surface area (Å²) < 4.78 is 29.1. The van der Waals surface area contributed by atoms with E-state index in [0.29, 0.717) is 10.6 Å². The molecule has 0 radical (unpaired) electrons. The van der Waals surface area contributed by atoms with Crippen molar-refractivity contribution in [2.75, 3.05) is 25.0 Å². The third-order valence-electron chi connectivity index (χ3n) is 5.74. The molecule has 1 spiro atoms. The summed E-state index contributed by atoms with van der Waals surface area (Å²) in [5.74, 6) is 0. The van der Waals surface area contributed by atoms with Crippen molar-refractivity contribution in [1.29, 1.82) is 0 Å². The Morgan fingerprint density at radius 3 is 2.55 bits per heavy atom. The number of benzene rings is 1. The first kappa shape index (κ1) is 19.3. The Labute approximate surface area is 179 Å². The van der Waals surface area contributed by atoms with E-state index in [2.05, 4.69) is 32.5 Å². The topological polar surface area (TPSA) is 61.4 Å². The molecule has 0 atom stereocenters. The van der Waals surface area contributed by atoms with E-state index in [1.54, 1.807) is 28.7 Å². The van der Waals surface area contributed by atoms with Crippen LogP contribution in [-0.2, 0) is 16.4 Å². The molecule has 0 unspecified atom stereocenters. The van der Waals surface area contributed by atoms with Gasteiger partial charge in [0.1, 0.15) is 10.6 Å². The first-order chi connectivity index (χ1) is 14.0. The lowest BCUT2D eigenvalue weighted by atomic mass is 9.96. The summed E-state index contributed by atoms with van der Waals surface area (Å²) >= 11 is 3.41. The van der Waals surface area contributed by atoms with Gasteiger partial charge in [0.2, 0.25) is 10.0 Å². The summed E-state index contributed by atoms with van der Waals surface area (Å²) in [6.07, 6.45) is 2.56. The molecule has 152 valence electrons. The van der Waals surface area contributed by atoms with Crippen LogP contribution in [0, 0.1) is 0 Å². The van der Waals surface area contributed by atoms with Crippen LogP contribution in [0.5, 0.6) is 0 Å². The maximum atomic E-state index is 13.1. The summed E-state index contributed by atoms with van der Waals surface area (Å²) in [6, 6.07) is 13.9. The number of hydrogen-bond donors (Lipinski definition) is 2. The van der Waals surface area contributed by atoms with Gasteiger partial charge in [0.15, 0.2) is 0 Å². The fourth-order valence-corrected chi connectivity index (χ4v) is 7.14. The highest BCUT2D eigenvalue weighted by molar-refractivity contribution is 7.89. The van der Waals surface area contributed by atoms with Crippen molar-refractivity contribution in [2.24, 2.45) is 0 Å². The number of fused-ring (bicyclic) bond motifs is 1. The number of nitrogens with zero attached hydrogens (tertiary/aromatic N) is 1. The molecule has 0 saturated carbocycles. The average Bonchev–Trinajstić information content (AvgIpc) is 3.41. The van der Waals surface area contributed by atoms with Crippen molar-refractivity contribution >= 4 is 38.4 Å². The minimum absolute atomic E-state index is 0.342. The van der Waals surface area contributed by atoms with Crippen LogP contribution in [0.2, 0.25) is 0 Å². The molecule has 2 N–H and O–H groups in total. The Kier molecular flexibility index (Phi) is 4.99. The molecule has 1 fully saturated rings. The molecule has 2 aliphatic heterocycles. The van der Waals surface area contributed by atoms with Crippen molar-refractivity contribution in [3.8, 4) is 10.4 Å². The maximum absolute atomic E-state index is 13.1. The van der Waals surface area contributed by atoms with Crippen LogP contribution >= 0.6 is 22.7 Å². The van der Waals surface area contributed by atoms with Crippen molar-refractivity contribution in [3.05, 3.63) is 58.1 Å². The number of hydrogen-bond acceptors (Lipinski definition) is 6. The number of thiophene rings is 2. The zero-order chi connectivity index (χ0) is 19.9. The molecule has 1 aromatic carbocycles. The van der Waals surface area contributed by atoms with Gasteiger partial charge in [-0.15, -0.1) is 22.7 Å².